The molecule has 4 rings (SSSR count). The number of ether oxygens (including phenoxy) is 2. The predicted molar refractivity (Wildman–Crippen MR) is 103 cm³/mol. The number of imidazole rings is 1. The van der Waals surface area contributed by atoms with Gasteiger partial charge in [-0.1, -0.05) is 0 Å². The topological polar surface area (TPSA) is 103 Å². The second kappa shape index (κ2) is 7.28. The summed E-state index contributed by atoms with van der Waals surface area (Å²) in [6.45, 7) is 1.73. The maximum absolute atomic E-state index is 6.14. The Kier molecular flexibility index (Phi) is 4.68. The fourth-order valence-corrected chi connectivity index (χ4v) is 3.30. The van der Waals surface area contributed by atoms with Crippen LogP contribution in [0.15, 0.2) is 30.6 Å². The third-order valence-electron chi connectivity index (χ3n) is 4.63. The Morgan fingerprint density at radius 2 is 2.15 bits per heavy atom. The third-order valence-corrected chi connectivity index (χ3v) is 4.63. The van der Waals surface area contributed by atoms with Crippen molar-refractivity contribution in [1.82, 2.24) is 19.6 Å². The Morgan fingerprint density at radius 3 is 2.93 bits per heavy atom. The second-order valence-corrected chi connectivity index (χ2v) is 6.49. The van der Waals surface area contributed by atoms with Crippen LogP contribution < -0.4 is 25.4 Å². The van der Waals surface area contributed by atoms with E-state index in [-0.39, 0.29) is 6.04 Å². The molecule has 1 aliphatic rings. The Bertz CT molecular complexity index is 943. The van der Waals surface area contributed by atoms with Crippen molar-refractivity contribution in [2.24, 2.45) is 5.73 Å². The van der Waals surface area contributed by atoms with Gasteiger partial charge in [0.25, 0.3) is 5.88 Å². The highest BCUT2D eigenvalue weighted by atomic mass is 16.5. The van der Waals surface area contributed by atoms with Crippen molar-refractivity contribution in [2.45, 2.75) is 18.9 Å². The quantitative estimate of drug-likeness (QED) is 0.702. The van der Waals surface area contributed by atoms with Crippen molar-refractivity contribution < 1.29 is 9.47 Å². The molecule has 0 amide bonds. The number of pyridine rings is 1. The van der Waals surface area contributed by atoms with Gasteiger partial charge in [0, 0.05) is 37.6 Å². The lowest BCUT2D eigenvalue weighted by atomic mass is 10.1. The molecule has 1 atom stereocenters. The smallest absolute Gasteiger partial charge is 0.258 e. The van der Waals surface area contributed by atoms with Crippen molar-refractivity contribution in [1.29, 1.82) is 0 Å². The zero-order valence-electron chi connectivity index (χ0n) is 15.4. The number of nitrogens with one attached hydrogen (secondary N) is 1. The predicted octanol–water partition coefficient (Wildman–Crippen LogP) is 1.81. The van der Waals surface area contributed by atoms with E-state index in [0.29, 0.717) is 17.4 Å². The molecule has 9 nitrogen and oxygen atoms in total. The number of nitrogens with zero attached hydrogens (tertiary/aromatic N) is 5. The van der Waals surface area contributed by atoms with Crippen molar-refractivity contribution in [3.05, 3.63) is 30.6 Å². The maximum Gasteiger partial charge on any atom is 0.258 e. The van der Waals surface area contributed by atoms with E-state index in [1.165, 1.54) is 0 Å². The molecular formula is C18H23N7O2. The van der Waals surface area contributed by atoms with Gasteiger partial charge < -0.3 is 25.4 Å². The molecule has 0 bridgehead atoms. The normalized spacial score (nSPS) is 17.1. The standard InChI is InChI=1S/C18H23N7O2/c1-26-14-5-6-15(22-18(14)27-2)21-13-10-16(23-25-9-7-20-17(13)25)24-8-3-4-12(19)11-24/h5-7,9-10,12H,3-4,8,11,19H2,1-2H3,(H,21,22). The van der Waals surface area contributed by atoms with E-state index in [9.17, 15) is 0 Å². The Morgan fingerprint density at radius 1 is 1.26 bits per heavy atom. The van der Waals surface area contributed by atoms with Crippen molar-refractivity contribution >= 4 is 23.0 Å². The van der Waals surface area contributed by atoms with Gasteiger partial charge in [-0.05, 0) is 25.0 Å². The lowest BCUT2D eigenvalue weighted by Crippen LogP contribution is -2.43. The second-order valence-electron chi connectivity index (χ2n) is 6.49. The summed E-state index contributed by atoms with van der Waals surface area (Å²) in [5.74, 6) is 2.48. The summed E-state index contributed by atoms with van der Waals surface area (Å²) in [5, 5.41) is 8.00. The summed E-state index contributed by atoms with van der Waals surface area (Å²) in [6, 6.07) is 5.79. The van der Waals surface area contributed by atoms with Gasteiger partial charge in [0.05, 0.1) is 19.9 Å². The summed E-state index contributed by atoms with van der Waals surface area (Å²) in [5.41, 5.74) is 7.66. The number of rotatable bonds is 5. The molecule has 27 heavy (non-hydrogen) atoms. The van der Waals surface area contributed by atoms with Gasteiger partial charge in [-0.2, -0.15) is 4.98 Å². The van der Waals surface area contributed by atoms with Crippen molar-refractivity contribution in [2.75, 3.05) is 37.5 Å². The number of hydrogen-bond acceptors (Lipinski definition) is 8. The van der Waals surface area contributed by atoms with Crippen LogP contribution in [0.2, 0.25) is 0 Å². The van der Waals surface area contributed by atoms with Crippen LogP contribution in [-0.4, -0.2) is 52.9 Å². The molecule has 142 valence electrons. The Balaban J connectivity index is 1.69. The number of anilines is 3. The highest BCUT2D eigenvalue weighted by Crippen LogP contribution is 2.29. The highest BCUT2D eigenvalue weighted by molar-refractivity contribution is 5.75. The number of fused-ring (bicyclic) bond motifs is 1. The SMILES string of the molecule is COc1ccc(Nc2cc(N3CCCC(N)C3)nn3ccnc23)nc1OC. The minimum atomic E-state index is 0.169. The van der Waals surface area contributed by atoms with Crippen molar-refractivity contribution in [3.8, 4) is 11.6 Å². The molecule has 1 saturated heterocycles. The Labute approximate surface area is 157 Å². The van der Waals surface area contributed by atoms with Gasteiger partial charge >= 0.3 is 0 Å². The van der Waals surface area contributed by atoms with Crippen LogP contribution in [0.25, 0.3) is 5.65 Å². The molecule has 0 saturated carbocycles. The first-order chi connectivity index (χ1) is 13.2. The van der Waals surface area contributed by atoms with Gasteiger partial charge in [0.2, 0.25) is 0 Å². The largest absolute Gasteiger partial charge is 0.491 e. The number of piperidine rings is 1. The van der Waals surface area contributed by atoms with E-state index in [1.54, 1.807) is 24.9 Å². The molecule has 0 aliphatic carbocycles. The van der Waals surface area contributed by atoms with E-state index in [0.717, 1.165) is 43.1 Å². The molecule has 3 aromatic rings. The van der Waals surface area contributed by atoms with E-state index >= 15 is 0 Å². The van der Waals surface area contributed by atoms with E-state index in [1.807, 2.05) is 24.4 Å². The van der Waals surface area contributed by atoms with Crippen LogP contribution in [0, 0.1) is 0 Å². The maximum atomic E-state index is 6.14. The van der Waals surface area contributed by atoms with Crippen LogP contribution in [0.3, 0.4) is 0 Å². The summed E-state index contributed by atoms with van der Waals surface area (Å²) in [7, 11) is 3.14. The fraction of sp³-hybridized carbons (Fsp3) is 0.389. The molecule has 0 aromatic carbocycles. The minimum absolute atomic E-state index is 0.169. The van der Waals surface area contributed by atoms with Gasteiger partial charge in [-0.15, -0.1) is 5.10 Å². The van der Waals surface area contributed by atoms with E-state index in [2.05, 4.69) is 25.3 Å². The summed E-state index contributed by atoms with van der Waals surface area (Å²) in [6.07, 6.45) is 5.66. The highest BCUT2D eigenvalue weighted by Gasteiger charge is 2.20. The van der Waals surface area contributed by atoms with Crippen LogP contribution in [0.5, 0.6) is 11.6 Å². The number of aromatic nitrogens is 4. The number of hydrogen-bond donors (Lipinski definition) is 2. The minimum Gasteiger partial charge on any atom is -0.491 e. The van der Waals surface area contributed by atoms with Gasteiger partial charge in [0.1, 0.15) is 5.82 Å². The first kappa shape index (κ1) is 17.3. The zero-order chi connectivity index (χ0) is 18.8. The van der Waals surface area contributed by atoms with Gasteiger partial charge in [-0.3, -0.25) is 0 Å². The first-order valence-electron chi connectivity index (χ1n) is 8.89. The van der Waals surface area contributed by atoms with E-state index in [4.69, 9.17) is 15.2 Å². The number of methoxy groups -OCH3 is 2. The summed E-state index contributed by atoms with van der Waals surface area (Å²) in [4.78, 5) is 11.1. The monoisotopic (exact) mass is 369 g/mol. The zero-order valence-corrected chi connectivity index (χ0v) is 15.4. The summed E-state index contributed by atoms with van der Waals surface area (Å²) >= 11 is 0. The lowest BCUT2D eigenvalue weighted by molar-refractivity contribution is 0.343. The fourth-order valence-electron chi connectivity index (χ4n) is 3.30. The van der Waals surface area contributed by atoms with Crippen molar-refractivity contribution in [3.63, 3.8) is 0 Å². The molecule has 1 unspecified atom stereocenters. The molecule has 1 fully saturated rings. The van der Waals surface area contributed by atoms with Crippen LogP contribution in [0.4, 0.5) is 17.3 Å². The molecule has 3 aromatic heterocycles. The van der Waals surface area contributed by atoms with E-state index < -0.39 is 0 Å². The van der Waals surface area contributed by atoms with Gasteiger partial charge in [-0.25, -0.2) is 9.50 Å². The molecule has 0 spiro atoms. The molecule has 9 heteroatoms. The van der Waals surface area contributed by atoms with Crippen LogP contribution >= 0.6 is 0 Å². The lowest BCUT2D eigenvalue weighted by Gasteiger charge is -2.31. The summed E-state index contributed by atoms with van der Waals surface area (Å²) < 4.78 is 12.3. The molecular weight excluding hydrogens is 346 g/mol. The first-order valence-corrected chi connectivity index (χ1v) is 8.89. The average Bonchev–Trinajstić information content (AvgIpc) is 3.17. The average molecular weight is 369 g/mol. The number of nitrogens with two attached hydrogens (primary N) is 1. The Hall–Kier alpha value is -3.07. The van der Waals surface area contributed by atoms with Gasteiger partial charge in [0.15, 0.2) is 17.2 Å². The molecule has 0 radical (unpaired) electrons. The molecule has 3 N–H and O–H groups in total. The van der Waals surface area contributed by atoms with Crippen LogP contribution in [-0.2, 0) is 0 Å². The third kappa shape index (κ3) is 3.45. The molecule has 4 heterocycles. The van der Waals surface area contributed by atoms with Crippen LogP contribution in [0.1, 0.15) is 12.8 Å². The molecule has 1 aliphatic heterocycles.